The molecule has 118 valence electrons. The van der Waals surface area contributed by atoms with Gasteiger partial charge in [0.05, 0.1) is 0 Å². The number of alkyl halides is 7. The van der Waals surface area contributed by atoms with Crippen molar-refractivity contribution < 1.29 is 40.3 Å². The van der Waals surface area contributed by atoms with E-state index in [4.69, 9.17) is 0 Å². The van der Waals surface area contributed by atoms with Crippen molar-refractivity contribution in [1.29, 1.82) is 0 Å². The van der Waals surface area contributed by atoms with E-state index in [1.165, 1.54) is 12.1 Å². The average Bonchev–Trinajstić information content (AvgIpc) is 2.37. The molecule has 0 saturated heterocycles. The number of ether oxygens (including phenoxy) is 1. The van der Waals surface area contributed by atoms with Crippen molar-refractivity contribution in [2.24, 2.45) is 0 Å². The Hall–Kier alpha value is -1.80. The molecule has 0 spiro atoms. The minimum absolute atomic E-state index is 0.417. The Balaban J connectivity index is 3.01. The smallest absolute Gasteiger partial charge is 0.422 e. The summed E-state index contributed by atoms with van der Waals surface area (Å²) in [6.07, 6.45) is -6.17. The number of esters is 1. The summed E-state index contributed by atoms with van der Waals surface area (Å²) in [5.74, 6) is -16.1. The third-order valence-corrected chi connectivity index (χ3v) is 2.52. The maximum Gasteiger partial charge on any atom is 0.460 e. The highest BCUT2D eigenvalue weighted by atomic mass is 19.4. The third-order valence-electron chi connectivity index (χ3n) is 2.52. The molecule has 21 heavy (non-hydrogen) atoms. The zero-order valence-electron chi connectivity index (χ0n) is 10.5. The molecule has 0 heterocycles. The molecule has 0 atom stereocenters. The molecule has 0 unspecified atom stereocenters. The SMILES string of the molecule is CCc1cccc(OC(=O)C(F)(F)C(F)(F)C(F)(F)F)c1. The molecule has 0 aliphatic rings. The van der Waals surface area contributed by atoms with Gasteiger partial charge in [0.25, 0.3) is 0 Å². The molecule has 2 nitrogen and oxygen atoms in total. The van der Waals surface area contributed by atoms with Crippen molar-refractivity contribution in [3.63, 3.8) is 0 Å². The lowest BCUT2D eigenvalue weighted by Gasteiger charge is -2.26. The first-order chi connectivity index (χ1) is 9.43. The first-order valence-corrected chi connectivity index (χ1v) is 5.57. The van der Waals surface area contributed by atoms with E-state index >= 15 is 0 Å². The Labute approximate surface area is 114 Å². The topological polar surface area (TPSA) is 26.3 Å². The van der Waals surface area contributed by atoms with Gasteiger partial charge in [-0.05, 0) is 24.1 Å². The minimum atomic E-state index is -6.58. The van der Waals surface area contributed by atoms with Crippen LogP contribution in [0.5, 0.6) is 5.75 Å². The van der Waals surface area contributed by atoms with Gasteiger partial charge in [0.15, 0.2) is 0 Å². The fourth-order valence-electron chi connectivity index (χ4n) is 1.31. The van der Waals surface area contributed by atoms with Crippen molar-refractivity contribution in [1.82, 2.24) is 0 Å². The van der Waals surface area contributed by atoms with Crippen LogP contribution >= 0.6 is 0 Å². The molecule has 0 amide bonds. The van der Waals surface area contributed by atoms with E-state index in [9.17, 15) is 35.5 Å². The van der Waals surface area contributed by atoms with Crippen LogP contribution in [0.4, 0.5) is 30.7 Å². The predicted molar refractivity (Wildman–Crippen MR) is 57.4 cm³/mol. The predicted octanol–water partition coefficient (Wildman–Crippen LogP) is 3.99. The molecular weight excluding hydrogens is 309 g/mol. The van der Waals surface area contributed by atoms with E-state index in [0.29, 0.717) is 12.0 Å². The third kappa shape index (κ3) is 3.27. The molecule has 0 N–H and O–H groups in total. The van der Waals surface area contributed by atoms with Gasteiger partial charge in [0, 0.05) is 0 Å². The summed E-state index contributed by atoms with van der Waals surface area (Å²) >= 11 is 0. The van der Waals surface area contributed by atoms with Gasteiger partial charge in [-0.25, -0.2) is 4.79 Å². The Morgan fingerprint density at radius 2 is 1.67 bits per heavy atom. The molecule has 0 bridgehead atoms. The molecule has 0 aliphatic heterocycles. The fourth-order valence-corrected chi connectivity index (χ4v) is 1.31. The maximum atomic E-state index is 13.0. The Kier molecular flexibility index (Phi) is 4.54. The van der Waals surface area contributed by atoms with Gasteiger partial charge in [0.1, 0.15) is 5.75 Å². The van der Waals surface area contributed by atoms with E-state index in [2.05, 4.69) is 4.74 Å². The second-order valence-corrected chi connectivity index (χ2v) is 4.04. The monoisotopic (exact) mass is 318 g/mol. The zero-order valence-corrected chi connectivity index (χ0v) is 10.5. The van der Waals surface area contributed by atoms with Gasteiger partial charge in [-0.15, -0.1) is 0 Å². The quantitative estimate of drug-likeness (QED) is 0.477. The normalized spacial score (nSPS) is 13.1. The summed E-state index contributed by atoms with van der Waals surface area (Å²) in [5.41, 5.74) is 0.520. The van der Waals surface area contributed by atoms with Crippen molar-refractivity contribution in [3.05, 3.63) is 29.8 Å². The van der Waals surface area contributed by atoms with E-state index < -0.39 is 29.7 Å². The molecule has 0 fully saturated rings. The van der Waals surface area contributed by atoms with Crippen LogP contribution in [0.25, 0.3) is 0 Å². The molecule has 0 aliphatic carbocycles. The first-order valence-electron chi connectivity index (χ1n) is 5.57. The van der Waals surface area contributed by atoms with Gasteiger partial charge in [-0.3, -0.25) is 0 Å². The first kappa shape index (κ1) is 17.3. The number of benzene rings is 1. The van der Waals surface area contributed by atoms with Crippen LogP contribution < -0.4 is 4.74 Å². The molecule has 0 radical (unpaired) electrons. The Morgan fingerprint density at radius 1 is 1.10 bits per heavy atom. The summed E-state index contributed by atoms with van der Waals surface area (Å²) < 4.78 is 91.0. The minimum Gasteiger partial charge on any atom is -0.422 e. The molecular formula is C12H9F7O2. The Morgan fingerprint density at radius 3 is 2.14 bits per heavy atom. The standard InChI is InChI=1S/C12H9F7O2/c1-2-7-4-3-5-8(6-7)21-9(20)10(13,14)11(15,16)12(17,18)19/h3-6H,2H2,1H3. The number of aryl methyl sites for hydroxylation is 1. The highest BCUT2D eigenvalue weighted by Gasteiger charge is 2.77. The number of hydrogen-bond donors (Lipinski definition) is 0. The zero-order chi connectivity index (χ0) is 16.5. The lowest BCUT2D eigenvalue weighted by molar-refractivity contribution is -0.346. The number of carbonyl (C=O) groups excluding carboxylic acids is 1. The summed E-state index contributed by atoms with van der Waals surface area (Å²) in [5, 5.41) is 0. The number of hydrogen-bond acceptors (Lipinski definition) is 2. The molecule has 1 rings (SSSR count). The fraction of sp³-hybridized carbons (Fsp3) is 0.417. The van der Waals surface area contributed by atoms with Gasteiger partial charge in [-0.1, -0.05) is 19.1 Å². The second-order valence-electron chi connectivity index (χ2n) is 4.04. The molecule has 0 saturated carbocycles. The lowest BCUT2D eigenvalue weighted by Crippen LogP contribution is -2.57. The Bertz CT molecular complexity index is 523. The van der Waals surface area contributed by atoms with Gasteiger partial charge < -0.3 is 4.74 Å². The summed E-state index contributed by atoms with van der Waals surface area (Å²) in [6, 6.07) is 4.87. The largest absolute Gasteiger partial charge is 0.460 e. The van der Waals surface area contributed by atoms with E-state index in [-0.39, 0.29) is 0 Å². The van der Waals surface area contributed by atoms with Crippen LogP contribution in [-0.2, 0) is 11.2 Å². The van der Waals surface area contributed by atoms with Gasteiger partial charge in [0.2, 0.25) is 0 Å². The van der Waals surface area contributed by atoms with Crippen LogP contribution in [0.2, 0.25) is 0 Å². The van der Waals surface area contributed by atoms with Gasteiger partial charge >= 0.3 is 24.0 Å². The van der Waals surface area contributed by atoms with Crippen LogP contribution in [-0.4, -0.2) is 24.0 Å². The number of halogens is 7. The van der Waals surface area contributed by atoms with Crippen molar-refractivity contribution in [3.8, 4) is 5.75 Å². The van der Waals surface area contributed by atoms with Crippen molar-refractivity contribution >= 4 is 5.97 Å². The molecule has 1 aromatic carbocycles. The van der Waals surface area contributed by atoms with E-state index in [1.54, 1.807) is 6.92 Å². The summed E-state index contributed by atoms with van der Waals surface area (Å²) in [7, 11) is 0. The van der Waals surface area contributed by atoms with Crippen LogP contribution in [0.15, 0.2) is 24.3 Å². The number of carbonyl (C=O) groups is 1. The van der Waals surface area contributed by atoms with Crippen LogP contribution in [0.3, 0.4) is 0 Å². The van der Waals surface area contributed by atoms with E-state index in [0.717, 1.165) is 12.1 Å². The highest BCUT2D eigenvalue weighted by molar-refractivity contribution is 5.81. The summed E-state index contributed by atoms with van der Waals surface area (Å²) in [4.78, 5) is 11.0. The number of rotatable bonds is 4. The maximum absolute atomic E-state index is 13.0. The molecule has 1 aromatic rings. The van der Waals surface area contributed by atoms with Crippen molar-refractivity contribution in [2.75, 3.05) is 0 Å². The van der Waals surface area contributed by atoms with Crippen LogP contribution in [0, 0.1) is 0 Å². The van der Waals surface area contributed by atoms with Crippen LogP contribution in [0.1, 0.15) is 12.5 Å². The molecule has 0 aromatic heterocycles. The molecule has 9 heteroatoms. The average molecular weight is 318 g/mol. The lowest BCUT2D eigenvalue weighted by atomic mass is 10.1. The highest BCUT2D eigenvalue weighted by Crippen LogP contribution is 2.47. The van der Waals surface area contributed by atoms with Crippen molar-refractivity contribution in [2.45, 2.75) is 31.4 Å². The second kappa shape index (κ2) is 5.53. The summed E-state index contributed by atoms with van der Waals surface area (Å²) in [6.45, 7) is 1.67. The van der Waals surface area contributed by atoms with E-state index in [1.807, 2.05) is 0 Å². The van der Waals surface area contributed by atoms with Gasteiger partial charge in [-0.2, -0.15) is 30.7 Å².